The molecular weight excluding hydrogens is 409 g/mol. The largest absolute Gasteiger partial charge is 0.417 e. The molecule has 7 nitrogen and oxygen atoms in total. The van der Waals surface area contributed by atoms with Crippen LogP contribution < -0.4 is 10.6 Å². The van der Waals surface area contributed by atoms with E-state index in [-0.39, 0.29) is 11.8 Å². The molecule has 3 aromatic rings. The number of nitrogens with one attached hydrogen (secondary N) is 2. The van der Waals surface area contributed by atoms with Crippen molar-refractivity contribution in [2.45, 2.75) is 40.3 Å². The minimum absolute atomic E-state index is 0.203. The number of aryl methyl sites for hydroxylation is 2. The van der Waals surface area contributed by atoms with Gasteiger partial charge in [0.1, 0.15) is 11.6 Å². The highest BCUT2D eigenvalue weighted by atomic mass is 19.4. The van der Waals surface area contributed by atoms with Crippen molar-refractivity contribution in [3.8, 4) is 5.95 Å². The molecule has 0 radical (unpaired) electrons. The molecule has 0 aliphatic rings. The number of aromatic nitrogens is 4. The predicted molar refractivity (Wildman–Crippen MR) is 112 cm³/mol. The molecule has 31 heavy (non-hydrogen) atoms. The molecule has 10 heteroatoms. The Morgan fingerprint density at radius 1 is 1.10 bits per heavy atom. The van der Waals surface area contributed by atoms with Crippen LogP contribution in [0.4, 0.5) is 24.8 Å². The van der Waals surface area contributed by atoms with Gasteiger partial charge in [-0.1, -0.05) is 19.1 Å². The van der Waals surface area contributed by atoms with Crippen molar-refractivity contribution >= 4 is 17.5 Å². The van der Waals surface area contributed by atoms with Crippen LogP contribution in [0.15, 0.2) is 24.3 Å². The molecule has 0 saturated carbocycles. The Balaban J connectivity index is 2.09. The quantitative estimate of drug-likeness (QED) is 0.622. The summed E-state index contributed by atoms with van der Waals surface area (Å²) < 4.78 is 41.4. The number of anilines is 2. The number of hydrogen-bond acceptors (Lipinski definition) is 5. The van der Waals surface area contributed by atoms with Gasteiger partial charge in [0, 0.05) is 23.9 Å². The first-order valence-electron chi connectivity index (χ1n) is 9.67. The summed E-state index contributed by atoms with van der Waals surface area (Å²) in [5.74, 6) is 0.142. The number of amides is 1. The van der Waals surface area contributed by atoms with Gasteiger partial charge in [-0.05, 0) is 39.3 Å². The summed E-state index contributed by atoms with van der Waals surface area (Å²) in [5, 5.41) is 10.00. The van der Waals surface area contributed by atoms with E-state index in [0.29, 0.717) is 17.1 Å². The average Bonchev–Trinajstić information content (AvgIpc) is 3.00. The molecule has 0 aliphatic heterocycles. The van der Waals surface area contributed by atoms with Crippen LogP contribution >= 0.6 is 0 Å². The fourth-order valence-electron chi connectivity index (χ4n) is 3.31. The van der Waals surface area contributed by atoms with Gasteiger partial charge in [0.15, 0.2) is 0 Å². The lowest BCUT2D eigenvalue weighted by atomic mass is 10.1. The van der Waals surface area contributed by atoms with E-state index in [0.717, 1.165) is 29.8 Å². The summed E-state index contributed by atoms with van der Waals surface area (Å²) in [6.45, 7) is 7.28. The van der Waals surface area contributed by atoms with E-state index in [1.807, 2.05) is 13.8 Å². The maximum atomic E-state index is 13.3. The molecule has 0 unspecified atom stereocenters. The van der Waals surface area contributed by atoms with Crippen molar-refractivity contribution < 1.29 is 18.0 Å². The molecule has 0 bridgehead atoms. The van der Waals surface area contributed by atoms with E-state index in [1.54, 1.807) is 20.9 Å². The van der Waals surface area contributed by atoms with Crippen LogP contribution in [0.5, 0.6) is 0 Å². The highest BCUT2D eigenvalue weighted by Crippen LogP contribution is 2.32. The number of carbonyl (C=O) groups excluding carboxylic acids is 1. The fraction of sp³-hybridized carbons (Fsp3) is 0.333. The van der Waals surface area contributed by atoms with Gasteiger partial charge in [0.25, 0.3) is 11.9 Å². The van der Waals surface area contributed by atoms with Gasteiger partial charge in [-0.3, -0.25) is 4.79 Å². The van der Waals surface area contributed by atoms with E-state index < -0.39 is 23.2 Å². The molecule has 1 amide bonds. The summed E-state index contributed by atoms with van der Waals surface area (Å²) in [4.78, 5) is 21.8. The lowest BCUT2D eigenvalue weighted by Gasteiger charge is -2.15. The molecule has 1 aromatic carbocycles. The Morgan fingerprint density at radius 3 is 2.39 bits per heavy atom. The number of carbonyl (C=O) groups is 1. The van der Waals surface area contributed by atoms with Crippen LogP contribution in [0.25, 0.3) is 5.95 Å². The van der Waals surface area contributed by atoms with Crippen molar-refractivity contribution in [3.05, 3.63) is 57.9 Å². The third-order valence-corrected chi connectivity index (χ3v) is 5.05. The molecule has 3 rings (SSSR count). The normalized spacial score (nSPS) is 11.5. The maximum Gasteiger partial charge on any atom is 0.417 e. The number of benzene rings is 1. The lowest BCUT2D eigenvalue weighted by molar-refractivity contribution is -0.137. The summed E-state index contributed by atoms with van der Waals surface area (Å²) in [5.41, 5.74) is 1.38. The Labute approximate surface area is 177 Å². The minimum Gasteiger partial charge on any atom is -0.373 e. The standard InChI is InChI=1S/C21H23F3N6O/c1-6-14-13(4)26-20(27-17(14)25-5)30-18(11(2)12(3)29-30)28-19(31)15-9-7-8-10-16(15)21(22,23)24/h7-10H,6H2,1-5H3,(H,28,31)(H,25,26,27). The third kappa shape index (κ3) is 4.23. The monoisotopic (exact) mass is 432 g/mol. The van der Waals surface area contributed by atoms with Crippen molar-refractivity contribution in [2.24, 2.45) is 0 Å². The zero-order valence-corrected chi connectivity index (χ0v) is 17.8. The summed E-state index contributed by atoms with van der Waals surface area (Å²) in [7, 11) is 1.74. The van der Waals surface area contributed by atoms with Gasteiger partial charge >= 0.3 is 6.18 Å². The SMILES string of the molecule is CCc1c(C)nc(-n2nc(C)c(C)c2NC(=O)c2ccccc2C(F)(F)F)nc1NC. The Bertz CT molecular complexity index is 1140. The van der Waals surface area contributed by atoms with Crippen LogP contribution in [-0.4, -0.2) is 32.7 Å². The number of nitrogens with zero attached hydrogens (tertiary/aromatic N) is 4. The molecule has 2 N–H and O–H groups in total. The van der Waals surface area contributed by atoms with Crippen LogP contribution in [-0.2, 0) is 12.6 Å². The van der Waals surface area contributed by atoms with Crippen molar-refractivity contribution in [2.75, 3.05) is 17.7 Å². The zero-order chi connectivity index (χ0) is 22.9. The van der Waals surface area contributed by atoms with E-state index in [9.17, 15) is 18.0 Å². The molecule has 164 valence electrons. The highest BCUT2D eigenvalue weighted by Gasteiger charge is 2.35. The third-order valence-electron chi connectivity index (χ3n) is 5.05. The van der Waals surface area contributed by atoms with Crippen molar-refractivity contribution in [1.82, 2.24) is 19.7 Å². The van der Waals surface area contributed by atoms with Crippen LogP contribution in [0.3, 0.4) is 0 Å². The molecule has 0 spiro atoms. The average molecular weight is 432 g/mol. The second-order valence-corrected chi connectivity index (χ2v) is 7.01. The number of rotatable bonds is 5. The van der Waals surface area contributed by atoms with E-state index in [4.69, 9.17) is 0 Å². The van der Waals surface area contributed by atoms with Gasteiger partial charge < -0.3 is 10.6 Å². The van der Waals surface area contributed by atoms with Crippen LogP contribution in [0, 0.1) is 20.8 Å². The number of hydrogen-bond donors (Lipinski definition) is 2. The Kier molecular flexibility index (Phi) is 6.01. The molecule has 2 heterocycles. The van der Waals surface area contributed by atoms with E-state index in [1.165, 1.54) is 16.8 Å². The van der Waals surface area contributed by atoms with Gasteiger partial charge in [0.05, 0.1) is 16.8 Å². The topological polar surface area (TPSA) is 84.7 Å². The molecule has 0 atom stereocenters. The van der Waals surface area contributed by atoms with E-state index >= 15 is 0 Å². The van der Waals surface area contributed by atoms with Crippen LogP contribution in [0.2, 0.25) is 0 Å². The summed E-state index contributed by atoms with van der Waals surface area (Å²) in [6, 6.07) is 4.63. The maximum absolute atomic E-state index is 13.3. The molecule has 0 saturated heterocycles. The minimum atomic E-state index is -4.66. The van der Waals surface area contributed by atoms with Crippen molar-refractivity contribution in [1.29, 1.82) is 0 Å². The Hall–Kier alpha value is -3.43. The molecular formula is C21H23F3N6O. The smallest absolute Gasteiger partial charge is 0.373 e. The van der Waals surface area contributed by atoms with Crippen molar-refractivity contribution in [3.63, 3.8) is 0 Å². The molecule has 2 aromatic heterocycles. The zero-order valence-electron chi connectivity index (χ0n) is 17.8. The highest BCUT2D eigenvalue weighted by molar-refractivity contribution is 6.05. The molecule has 0 aliphatic carbocycles. The second kappa shape index (κ2) is 8.37. The predicted octanol–water partition coefficient (Wildman–Crippen LogP) is 4.46. The molecule has 0 fully saturated rings. The number of halogens is 3. The van der Waals surface area contributed by atoms with Gasteiger partial charge in [-0.15, -0.1) is 0 Å². The first-order valence-corrected chi connectivity index (χ1v) is 9.67. The number of alkyl halides is 3. The van der Waals surface area contributed by atoms with Gasteiger partial charge in [0.2, 0.25) is 0 Å². The van der Waals surface area contributed by atoms with Gasteiger partial charge in [-0.25, -0.2) is 4.98 Å². The van der Waals surface area contributed by atoms with Crippen LogP contribution in [0.1, 0.15) is 45.4 Å². The Morgan fingerprint density at radius 2 is 1.77 bits per heavy atom. The first kappa shape index (κ1) is 22.3. The van der Waals surface area contributed by atoms with E-state index in [2.05, 4.69) is 25.7 Å². The second-order valence-electron chi connectivity index (χ2n) is 7.01. The fourth-order valence-corrected chi connectivity index (χ4v) is 3.31. The summed E-state index contributed by atoms with van der Waals surface area (Å²) >= 11 is 0. The van der Waals surface area contributed by atoms with Gasteiger partial charge in [-0.2, -0.15) is 27.9 Å². The summed E-state index contributed by atoms with van der Waals surface area (Å²) in [6.07, 6.45) is -3.94. The first-order chi connectivity index (χ1) is 14.6. The lowest BCUT2D eigenvalue weighted by Crippen LogP contribution is -2.21.